The van der Waals surface area contributed by atoms with Crippen molar-refractivity contribution in [1.82, 2.24) is 25.0 Å². The Bertz CT molecular complexity index is 1030. The second kappa shape index (κ2) is 9.37. The van der Waals surface area contributed by atoms with Crippen LogP contribution < -0.4 is 10.1 Å². The number of aliphatic imine (C=N–C) groups is 1. The first-order valence-electron chi connectivity index (χ1n) is 10.4. The van der Waals surface area contributed by atoms with E-state index in [0.29, 0.717) is 36.1 Å². The van der Waals surface area contributed by atoms with E-state index in [-0.39, 0.29) is 12.4 Å². The van der Waals surface area contributed by atoms with E-state index in [0.717, 1.165) is 5.56 Å². The molecule has 32 heavy (non-hydrogen) atoms. The predicted molar refractivity (Wildman–Crippen MR) is 118 cm³/mol. The van der Waals surface area contributed by atoms with E-state index in [1.54, 1.807) is 45.3 Å². The van der Waals surface area contributed by atoms with Crippen molar-refractivity contribution in [2.24, 2.45) is 4.99 Å². The molecule has 0 bridgehead atoms. The molecule has 0 saturated carbocycles. The van der Waals surface area contributed by atoms with Gasteiger partial charge in [-0.25, -0.2) is 14.2 Å². The molecule has 10 heteroatoms. The maximum atomic E-state index is 14.6. The van der Waals surface area contributed by atoms with Gasteiger partial charge in [0.1, 0.15) is 35.5 Å². The predicted octanol–water partition coefficient (Wildman–Crippen LogP) is 3.38. The minimum absolute atomic E-state index is 0.0750. The molecular formula is C22H29FN6O3. The summed E-state index contributed by atoms with van der Waals surface area (Å²) in [6.07, 6.45) is 2.37. The van der Waals surface area contributed by atoms with Crippen molar-refractivity contribution < 1.29 is 18.7 Å². The Morgan fingerprint density at radius 1 is 1.50 bits per heavy atom. The largest absolute Gasteiger partial charge is 0.493 e. The monoisotopic (exact) mass is 444 g/mol. The number of amides is 1. The minimum atomic E-state index is -0.660. The van der Waals surface area contributed by atoms with Crippen LogP contribution >= 0.6 is 0 Å². The Labute approximate surface area is 186 Å². The smallest absolute Gasteiger partial charge is 0.416 e. The van der Waals surface area contributed by atoms with Crippen LogP contribution in [0.2, 0.25) is 0 Å². The van der Waals surface area contributed by atoms with Crippen LogP contribution in [0.1, 0.15) is 44.6 Å². The minimum Gasteiger partial charge on any atom is -0.493 e. The van der Waals surface area contributed by atoms with Gasteiger partial charge in [-0.3, -0.25) is 9.47 Å². The van der Waals surface area contributed by atoms with Crippen molar-refractivity contribution >= 4 is 12.1 Å². The SMILES string of the molecule is C=CN(C(=O)OC(C)(C)C)C(C)NC(=NCc1c(F)ccc2c1CCO2)n1cnnc1C. The number of fused-ring (bicyclic) bond motifs is 1. The molecule has 1 aromatic carbocycles. The topological polar surface area (TPSA) is 93.9 Å². The summed E-state index contributed by atoms with van der Waals surface area (Å²) in [6.45, 7) is 13.2. The molecule has 1 aromatic heterocycles. The van der Waals surface area contributed by atoms with Gasteiger partial charge in [0, 0.05) is 23.7 Å². The van der Waals surface area contributed by atoms with E-state index in [2.05, 4.69) is 27.1 Å². The van der Waals surface area contributed by atoms with Crippen LogP contribution in [0.25, 0.3) is 0 Å². The summed E-state index contributed by atoms with van der Waals surface area (Å²) in [6, 6.07) is 3.02. The molecule has 2 aromatic rings. The lowest BCUT2D eigenvalue weighted by atomic mass is 10.0. The van der Waals surface area contributed by atoms with Crippen LogP contribution in [0, 0.1) is 12.7 Å². The zero-order valence-electron chi connectivity index (χ0n) is 19.1. The number of aromatic nitrogens is 3. The number of hydrogen-bond acceptors (Lipinski definition) is 6. The molecule has 3 rings (SSSR count). The summed E-state index contributed by atoms with van der Waals surface area (Å²) in [5, 5.41) is 11.1. The molecule has 0 aliphatic carbocycles. The molecule has 2 heterocycles. The fraction of sp³-hybridized carbons (Fsp3) is 0.455. The highest BCUT2D eigenvalue weighted by atomic mass is 19.1. The fourth-order valence-electron chi connectivity index (χ4n) is 3.29. The molecule has 1 aliphatic heterocycles. The van der Waals surface area contributed by atoms with Gasteiger partial charge in [0.15, 0.2) is 0 Å². The number of aryl methyl sites for hydroxylation is 1. The summed E-state index contributed by atoms with van der Waals surface area (Å²) >= 11 is 0. The van der Waals surface area contributed by atoms with Crippen molar-refractivity contribution in [2.45, 2.75) is 59.4 Å². The molecule has 172 valence electrons. The standard InChI is InChI=1S/C22H29FN6O3/c1-7-28(21(30)32-22(4,5)6)14(2)26-20(29-13-25-27-15(29)3)24-12-17-16-10-11-31-19(16)9-8-18(17)23/h7-9,13-14H,1,10-12H2,2-6H3,(H,24,26). The number of carbonyl (C=O) groups is 1. The number of hydrogen-bond donors (Lipinski definition) is 1. The highest BCUT2D eigenvalue weighted by molar-refractivity contribution is 5.83. The van der Waals surface area contributed by atoms with Gasteiger partial charge in [0.05, 0.1) is 13.2 Å². The van der Waals surface area contributed by atoms with Gasteiger partial charge in [0.2, 0.25) is 5.96 Å². The molecule has 1 N–H and O–H groups in total. The molecule has 0 radical (unpaired) electrons. The Hall–Kier alpha value is -3.43. The number of nitrogens with one attached hydrogen (secondary N) is 1. The lowest BCUT2D eigenvalue weighted by molar-refractivity contribution is 0.0271. The van der Waals surface area contributed by atoms with E-state index in [4.69, 9.17) is 9.47 Å². The molecule has 1 unspecified atom stereocenters. The summed E-state index contributed by atoms with van der Waals surface area (Å²) in [7, 11) is 0. The van der Waals surface area contributed by atoms with Crippen molar-refractivity contribution in [3.63, 3.8) is 0 Å². The van der Waals surface area contributed by atoms with Crippen LogP contribution in [0.5, 0.6) is 5.75 Å². The Kier molecular flexibility index (Phi) is 6.81. The lowest BCUT2D eigenvalue weighted by Crippen LogP contribution is -2.49. The second-order valence-corrected chi connectivity index (χ2v) is 8.38. The summed E-state index contributed by atoms with van der Waals surface area (Å²) in [5.41, 5.74) is 0.640. The third kappa shape index (κ3) is 5.24. The molecule has 0 fully saturated rings. The van der Waals surface area contributed by atoms with Gasteiger partial charge in [-0.1, -0.05) is 6.58 Å². The molecule has 1 amide bonds. The van der Waals surface area contributed by atoms with Gasteiger partial charge in [-0.05, 0) is 46.8 Å². The molecular weight excluding hydrogens is 415 g/mol. The van der Waals surface area contributed by atoms with Gasteiger partial charge in [-0.15, -0.1) is 10.2 Å². The number of benzene rings is 1. The summed E-state index contributed by atoms with van der Waals surface area (Å²) in [4.78, 5) is 18.5. The summed E-state index contributed by atoms with van der Waals surface area (Å²) < 4.78 is 27.2. The third-order valence-electron chi connectivity index (χ3n) is 4.83. The molecule has 9 nitrogen and oxygen atoms in total. The van der Waals surface area contributed by atoms with E-state index >= 15 is 0 Å². The maximum Gasteiger partial charge on any atom is 0.416 e. The van der Waals surface area contributed by atoms with Gasteiger partial charge in [0.25, 0.3) is 0 Å². The average molecular weight is 445 g/mol. The van der Waals surface area contributed by atoms with Gasteiger partial charge < -0.3 is 14.8 Å². The van der Waals surface area contributed by atoms with Crippen molar-refractivity contribution in [3.05, 3.63) is 54.0 Å². The quantitative estimate of drug-likeness (QED) is 0.432. The maximum absolute atomic E-state index is 14.6. The first kappa shape index (κ1) is 23.2. The Morgan fingerprint density at radius 3 is 2.88 bits per heavy atom. The Balaban J connectivity index is 1.88. The van der Waals surface area contributed by atoms with E-state index in [9.17, 15) is 9.18 Å². The van der Waals surface area contributed by atoms with Gasteiger partial charge >= 0.3 is 6.09 Å². The molecule has 1 aliphatic rings. The molecule has 0 saturated heterocycles. The number of nitrogens with zero attached hydrogens (tertiary/aromatic N) is 5. The number of ether oxygens (including phenoxy) is 2. The number of carbonyl (C=O) groups excluding carboxylic acids is 1. The number of halogens is 1. The highest BCUT2D eigenvalue weighted by Gasteiger charge is 2.26. The zero-order valence-corrected chi connectivity index (χ0v) is 19.1. The fourth-order valence-corrected chi connectivity index (χ4v) is 3.29. The molecule has 1 atom stereocenters. The summed E-state index contributed by atoms with van der Waals surface area (Å²) in [5.74, 6) is 1.27. The normalized spacial score (nSPS) is 14.4. The van der Waals surface area contributed by atoms with Crippen molar-refractivity contribution in [1.29, 1.82) is 0 Å². The van der Waals surface area contributed by atoms with Gasteiger partial charge in [-0.2, -0.15) is 0 Å². The highest BCUT2D eigenvalue weighted by Crippen LogP contribution is 2.30. The van der Waals surface area contributed by atoms with Crippen LogP contribution in [-0.2, 0) is 17.7 Å². The number of rotatable bonds is 5. The third-order valence-corrected chi connectivity index (χ3v) is 4.83. The second-order valence-electron chi connectivity index (χ2n) is 8.38. The van der Waals surface area contributed by atoms with Crippen molar-refractivity contribution in [2.75, 3.05) is 6.61 Å². The van der Waals surface area contributed by atoms with E-state index in [1.807, 2.05) is 0 Å². The average Bonchev–Trinajstić information content (AvgIpc) is 3.34. The lowest BCUT2D eigenvalue weighted by Gasteiger charge is -2.30. The van der Waals surface area contributed by atoms with Crippen LogP contribution in [0.15, 0.2) is 36.2 Å². The first-order valence-corrected chi connectivity index (χ1v) is 10.4. The molecule has 0 spiro atoms. The zero-order chi connectivity index (χ0) is 23.5. The first-order chi connectivity index (χ1) is 15.1. The van der Waals surface area contributed by atoms with Crippen LogP contribution in [-0.4, -0.2) is 50.1 Å². The van der Waals surface area contributed by atoms with E-state index in [1.165, 1.54) is 23.5 Å². The van der Waals surface area contributed by atoms with Crippen LogP contribution in [0.4, 0.5) is 9.18 Å². The van der Waals surface area contributed by atoms with Crippen LogP contribution in [0.3, 0.4) is 0 Å². The van der Waals surface area contributed by atoms with Crippen molar-refractivity contribution in [3.8, 4) is 5.75 Å². The Morgan fingerprint density at radius 2 is 2.25 bits per heavy atom. The van der Waals surface area contributed by atoms with E-state index < -0.39 is 17.9 Å².